The molecule has 4 nitrogen and oxygen atoms in total. The molecule has 0 aliphatic rings. The Morgan fingerprint density at radius 3 is 2.53 bits per heavy atom. The van der Waals surface area contributed by atoms with Gasteiger partial charge in [-0.2, -0.15) is 5.10 Å². The molecule has 4 heteroatoms. The van der Waals surface area contributed by atoms with Gasteiger partial charge in [-0.15, -0.1) is 0 Å². The third kappa shape index (κ3) is 2.08. The first-order valence-electron chi connectivity index (χ1n) is 6.64. The average Bonchev–Trinajstić information content (AvgIpc) is 2.89. The predicted octanol–water partition coefficient (Wildman–Crippen LogP) is 3.63. The van der Waals surface area contributed by atoms with E-state index >= 15 is 0 Å². The molecule has 2 aromatic heterocycles. The Kier molecular flexibility index (Phi) is 3.50. The maximum absolute atomic E-state index is 4.73. The number of aromatic nitrogens is 4. The van der Waals surface area contributed by atoms with Crippen molar-refractivity contribution in [3.63, 3.8) is 0 Å². The highest BCUT2D eigenvalue weighted by Gasteiger charge is 2.16. The molecule has 0 aromatic carbocycles. The van der Waals surface area contributed by atoms with E-state index in [2.05, 4.69) is 37.8 Å². The van der Waals surface area contributed by atoms with E-state index in [1.54, 1.807) is 0 Å². The Balaban J connectivity index is 2.40. The molecular weight excluding hydrogens is 212 g/mol. The van der Waals surface area contributed by atoms with Crippen molar-refractivity contribution in [1.29, 1.82) is 0 Å². The quantitative estimate of drug-likeness (QED) is 0.858. The summed E-state index contributed by atoms with van der Waals surface area (Å²) >= 11 is 0. The highest BCUT2D eigenvalue weighted by Crippen LogP contribution is 2.24. The summed E-state index contributed by atoms with van der Waals surface area (Å²) in [5.74, 6) is 1.65. The van der Waals surface area contributed by atoms with Crippen LogP contribution in [0, 0.1) is 0 Å². The van der Waals surface area contributed by atoms with Crippen molar-refractivity contribution in [2.24, 2.45) is 0 Å². The molecule has 2 rings (SSSR count). The van der Waals surface area contributed by atoms with Gasteiger partial charge < -0.3 is 4.98 Å². The molecule has 0 fully saturated rings. The van der Waals surface area contributed by atoms with E-state index in [0.717, 1.165) is 36.3 Å². The molecule has 0 unspecified atom stereocenters. The van der Waals surface area contributed by atoms with Crippen LogP contribution in [0.3, 0.4) is 0 Å². The van der Waals surface area contributed by atoms with Gasteiger partial charge in [-0.1, -0.05) is 20.8 Å². The van der Waals surface area contributed by atoms with Crippen LogP contribution in [0.1, 0.15) is 64.7 Å². The number of aromatic amines is 1. The molecule has 17 heavy (non-hydrogen) atoms. The molecular formula is C13H22N4. The minimum absolute atomic E-state index is 0.408. The van der Waals surface area contributed by atoms with E-state index in [9.17, 15) is 0 Å². The lowest BCUT2D eigenvalue weighted by atomic mass is 10.0. The van der Waals surface area contributed by atoms with Crippen LogP contribution in [0.15, 0.2) is 6.20 Å². The molecule has 94 valence electrons. The van der Waals surface area contributed by atoms with Crippen molar-refractivity contribution >= 4 is 11.2 Å². The molecule has 0 saturated carbocycles. The third-order valence-corrected chi connectivity index (χ3v) is 3.64. The van der Waals surface area contributed by atoms with Crippen molar-refractivity contribution in [2.75, 3.05) is 0 Å². The van der Waals surface area contributed by atoms with Gasteiger partial charge in [-0.3, -0.25) is 0 Å². The van der Waals surface area contributed by atoms with E-state index in [1.165, 1.54) is 0 Å². The van der Waals surface area contributed by atoms with Crippen molar-refractivity contribution in [3.05, 3.63) is 12.0 Å². The first-order valence-corrected chi connectivity index (χ1v) is 6.64. The highest BCUT2D eigenvalue weighted by molar-refractivity contribution is 5.70. The lowest BCUT2D eigenvalue weighted by Gasteiger charge is -2.09. The van der Waals surface area contributed by atoms with Crippen LogP contribution in [0.5, 0.6) is 0 Å². The Labute approximate surface area is 102 Å². The van der Waals surface area contributed by atoms with Gasteiger partial charge in [0.25, 0.3) is 0 Å². The van der Waals surface area contributed by atoms with E-state index in [0.29, 0.717) is 12.0 Å². The Bertz CT molecular complexity index is 479. The van der Waals surface area contributed by atoms with E-state index in [4.69, 9.17) is 4.98 Å². The van der Waals surface area contributed by atoms with E-state index in [-0.39, 0.29) is 0 Å². The molecule has 0 amide bonds. The van der Waals surface area contributed by atoms with Crippen LogP contribution < -0.4 is 0 Å². The van der Waals surface area contributed by atoms with Gasteiger partial charge in [0.2, 0.25) is 0 Å². The number of imidazole rings is 1. The van der Waals surface area contributed by atoms with Crippen molar-refractivity contribution in [2.45, 2.75) is 58.9 Å². The second-order valence-electron chi connectivity index (χ2n) is 4.72. The Morgan fingerprint density at radius 1 is 1.24 bits per heavy atom. The fraction of sp³-hybridized carbons (Fsp3) is 0.692. The summed E-state index contributed by atoms with van der Waals surface area (Å²) in [5.41, 5.74) is 2.06. The van der Waals surface area contributed by atoms with Gasteiger partial charge in [0, 0.05) is 5.92 Å². The van der Waals surface area contributed by atoms with Crippen LogP contribution in [0.4, 0.5) is 0 Å². The van der Waals surface area contributed by atoms with Gasteiger partial charge in [0.1, 0.15) is 11.3 Å². The molecule has 0 spiro atoms. The summed E-state index contributed by atoms with van der Waals surface area (Å²) in [6.07, 6.45) is 5.22. The number of hydrogen-bond donors (Lipinski definition) is 1. The van der Waals surface area contributed by atoms with Gasteiger partial charge in [0.15, 0.2) is 5.65 Å². The van der Waals surface area contributed by atoms with Crippen LogP contribution in [0.2, 0.25) is 0 Å². The number of hydrogen-bond acceptors (Lipinski definition) is 2. The van der Waals surface area contributed by atoms with Crippen molar-refractivity contribution in [3.8, 4) is 0 Å². The van der Waals surface area contributed by atoms with Crippen molar-refractivity contribution < 1.29 is 0 Å². The fourth-order valence-electron chi connectivity index (χ4n) is 2.20. The molecule has 0 saturated heterocycles. The maximum atomic E-state index is 4.73. The third-order valence-electron chi connectivity index (χ3n) is 3.64. The summed E-state index contributed by atoms with van der Waals surface area (Å²) in [5, 5.41) is 4.40. The fourth-order valence-corrected chi connectivity index (χ4v) is 2.20. The molecule has 1 N–H and O–H groups in total. The van der Waals surface area contributed by atoms with E-state index in [1.807, 2.05) is 10.9 Å². The smallest absolute Gasteiger partial charge is 0.176 e. The lowest BCUT2D eigenvalue weighted by molar-refractivity contribution is 0.488. The predicted molar refractivity (Wildman–Crippen MR) is 70.2 cm³/mol. The normalized spacial score (nSPS) is 13.7. The minimum Gasteiger partial charge on any atom is -0.339 e. The van der Waals surface area contributed by atoms with Crippen LogP contribution in [-0.2, 0) is 0 Å². The second-order valence-corrected chi connectivity index (χ2v) is 4.72. The number of H-pyrrole nitrogens is 1. The number of rotatable bonds is 5. The summed E-state index contributed by atoms with van der Waals surface area (Å²) in [4.78, 5) is 8.13. The topological polar surface area (TPSA) is 46.5 Å². The molecule has 0 aliphatic heterocycles. The summed E-state index contributed by atoms with van der Waals surface area (Å²) < 4.78 is 2.03. The zero-order valence-electron chi connectivity index (χ0n) is 11.2. The first kappa shape index (κ1) is 12.1. The Morgan fingerprint density at radius 2 is 1.94 bits per heavy atom. The van der Waals surface area contributed by atoms with Crippen molar-refractivity contribution in [1.82, 2.24) is 19.7 Å². The monoisotopic (exact) mass is 234 g/mol. The Hall–Kier alpha value is -1.32. The van der Waals surface area contributed by atoms with Crippen LogP contribution in [-0.4, -0.2) is 19.7 Å². The average molecular weight is 234 g/mol. The molecule has 0 radical (unpaired) electrons. The molecule has 2 aromatic rings. The molecule has 0 bridgehead atoms. The summed E-state index contributed by atoms with van der Waals surface area (Å²) in [7, 11) is 0. The highest BCUT2D eigenvalue weighted by atomic mass is 15.3. The number of nitrogens with zero attached hydrogens (tertiary/aromatic N) is 3. The standard InChI is InChI=1S/C13H22N4/c1-5-9(4)17-13-11(8-14-17)15-12(16-13)10(6-2)7-3/h8-10H,5-7H2,1-4H3,(H,15,16)/t9-/m0/s1. The van der Waals surface area contributed by atoms with Gasteiger partial charge in [-0.25, -0.2) is 9.67 Å². The maximum Gasteiger partial charge on any atom is 0.176 e. The van der Waals surface area contributed by atoms with Crippen LogP contribution >= 0.6 is 0 Å². The van der Waals surface area contributed by atoms with Gasteiger partial charge in [0.05, 0.1) is 12.2 Å². The number of nitrogens with one attached hydrogen (secondary N) is 1. The molecule has 2 heterocycles. The second kappa shape index (κ2) is 4.90. The summed E-state index contributed by atoms with van der Waals surface area (Å²) in [6.45, 7) is 8.77. The zero-order chi connectivity index (χ0) is 12.4. The van der Waals surface area contributed by atoms with Gasteiger partial charge >= 0.3 is 0 Å². The first-order chi connectivity index (χ1) is 8.21. The van der Waals surface area contributed by atoms with E-state index < -0.39 is 0 Å². The van der Waals surface area contributed by atoms with Crippen LogP contribution in [0.25, 0.3) is 11.2 Å². The zero-order valence-corrected chi connectivity index (χ0v) is 11.2. The minimum atomic E-state index is 0.408. The molecule has 1 atom stereocenters. The summed E-state index contributed by atoms with van der Waals surface area (Å²) in [6, 6.07) is 0.408. The van der Waals surface area contributed by atoms with Gasteiger partial charge in [-0.05, 0) is 26.2 Å². The molecule has 0 aliphatic carbocycles. The lowest BCUT2D eigenvalue weighted by Crippen LogP contribution is -2.06. The SMILES string of the molecule is CCC(CC)c1nc2c(cnn2[C@@H](C)CC)[nH]1. The largest absolute Gasteiger partial charge is 0.339 e. The number of fused-ring (bicyclic) bond motifs is 1.